The second kappa shape index (κ2) is 3.57. The van der Waals surface area contributed by atoms with Gasteiger partial charge in [0.2, 0.25) is 0 Å². The number of pyridine rings is 1. The van der Waals surface area contributed by atoms with Crippen LogP contribution >= 0.6 is 24.2 Å². The van der Waals surface area contributed by atoms with Crippen molar-refractivity contribution >= 4 is 29.5 Å². The first-order valence-electron chi connectivity index (χ1n) is 2.94. The Morgan fingerprint density at radius 1 is 1.75 bits per heavy atom. The molecule has 0 spiro atoms. The van der Waals surface area contributed by atoms with Crippen molar-refractivity contribution < 1.29 is 4.79 Å². The molecular formula is C7H3ClN2OS. The number of carbonyl (C=O) groups excluding carboxylic acids is 1. The molecule has 5 heteroatoms. The molecule has 0 atom stereocenters. The number of nitriles is 1. The number of rotatable bonds is 1. The summed E-state index contributed by atoms with van der Waals surface area (Å²) in [7, 11) is 0. The molecular weight excluding hydrogens is 196 g/mol. The van der Waals surface area contributed by atoms with Crippen LogP contribution in [-0.4, -0.2) is 10.2 Å². The zero-order chi connectivity index (χ0) is 9.14. The van der Waals surface area contributed by atoms with E-state index in [-0.39, 0.29) is 11.3 Å². The summed E-state index contributed by atoms with van der Waals surface area (Å²) in [6.07, 6.45) is 1.32. The molecule has 0 aliphatic rings. The predicted octanol–water partition coefficient (Wildman–Crippen LogP) is 1.62. The van der Waals surface area contributed by atoms with Crippen molar-refractivity contribution in [2.75, 3.05) is 0 Å². The summed E-state index contributed by atoms with van der Waals surface area (Å²) in [6, 6.07) is 3.17. The topological polar surface area (TPSA) is 53.8 Å². The molecule has 1 aromatic rings. The molecule has 0 aromatic carbocycles. The minimum Gasteiger partial charge on any atom is -0.274 e. The van der Waals surface area contributed by atoms with Crippen molar-refractivity contribution in [3.8, 4) is 6.07 Å². The third kappa shape index (κ3) is 1.76. The van der Waals surface area contributed by atoms with E-state index in [0.717, 1.165) is 0 Å². The summed E-state index contributed by atoms with van der Waals surface area (Å²) in [5.74, 6) is 0. The second-order valence-corrected chi connectivity index (χ2v) is 2.80. The standard InChI is InChI=1S/C7H3ClN2OS/c8-7(11)5-1-4(2-9)6(12)3-10-5/h1,3,12H. The van der Waals surface area contributed by atoms with Gasteiger partial charge in [0.1, 0.15) is 11.8 Å². The summed E-state index contributed by atoms with van der Waals surface area (Å²) in [6.45, 7) is 0. The third-order valence-corrected chi connectivity index (χ3v) is 1.75. The van der Waals surface area contributed by atoms with Gasteiger partial charge in [-0.3, -0.25) is 9.78 Å². The van der Waals surface area contributed by atoms with E-state index in [1.807, 2.05) is 6.07 Å². The molecule has 12 heavy (non-hydrogen) atoms. The number of aromatic nitrogens is 1. The van der Waals surface area contributed by atoms with Crippen LogP contribution in [0.15, 0.2) is 17.2 Å². The van der Waals surface area contributed by atoms with E-state index < -0.39 is 5.24 Å². The van der Waals surface area contributed by atoms with Crippen molar-refractivity contribution in [2.45, 2.75) is 4.90 Å². The van der Waals surface area contributed by atoms with Crippen LogP contribution in [0.1, 0.15) is 16.1 Å². The van der Waals surface area contributed by atoms with Crippen LogP contribution < -0.4 is 0 Å². The van der Waals surface area contributed by atoms with Crippen LogP contribution in [0.4, 0.5) is 0 Å². The average Bonchev–Trinajstić information content (AvgIpc) is 2.05. The quantitative estimate of drug-likeness (QED) is 0.551. The summed E-state index contributed by atoms with van der Waals surface area (Å²) in [4.78, 5) is 14.7. The van der Waals surface area contributed by atoms with E-state index in [1.165, 1.54) is 12.3 Å². The smallest absolute Gasteiger partial charge is 0.270 e. The number of nitrogens with zero attached hydrogens (tertiary/aromatic N) is 2. The lowest BCUT2D eigenvalue weighted by Crippen LogP contribution is -1.94. The zero-order valence-electron chi connectivity index (χ0n) is 5.78. The number of hydrogen-bond donors (Lipinski definition) is 1. The maximum Gasteiger partial charge on any atom is 0.270 e. The van der Waals surface area contributed by atoms with Gasteiger partial charge in [0, 0.05) is 11.1 Å². The summed E-state index contributed by atoms with van der Waals surface area (Å²) in [5, 5.41) is 7.86. The fourth-order valence-corrected chi connectivity index (χ4v) is 0.921. The molecule has 0 amide bonds. The Kier molecular flexibility index (Phi) is 2.69. The van der Waals surface area contributed by atoms with Crippen molar-refractivity contribution in [1.82, 2.24) is 4.98 Å². The second-order valence-electron chi connectivity index (χ2n) is 1.97. The molecule has 0 saturated heterocycles. The van der Waals surface area contributed by atoms with Gasteiger partial charge in [-0.15, -0.1) is 12.6 Å². The lowest BCUT2D eigenvalue weighted by Gasteiger charge is -1.95. The molecule has 0 saturated carbocycles. The lowest BCUT2D eigenvalue weighted by molar-refractivity contribution is 0.107. The van der Waals surface area contributed by atoms with Gasteiger partial charge < -0.3 is 0 Å². The molecule has 0 aliphatic heterocycles. The van der Waals surface area contributed by atoms with E-state index in [2.05, 4.69) is 17.6 Å². The zero-order valence-corrected chi connectivity index (χ0v) is 7.43. The highest BCUT2D eigenvalue weighted by atomic mass is 35.5. The van der Waals surface area contributed by atoms with Crippen LogP contribution in [0.2, 0.25) is 0 Å². The van der Waals surface area contributed by atoms with Crippen LogP contribution in [0.25, 0.3) is 0 Å². The van der Waals surface area contributed by atoms with E-state index in [9.17, 15) is 4.79 Å². The van der Waals surface area contributed by atoms with Crippen LogP contribution in [0, 0.1) is 11.3 Å². The van der Waals surface area contributed by atoms with Gasteiger partial charge in [-0.1, -0.05) is 0 Å². The minimum atomic E-state index is -0.681. The molecule has 0 fully saturated rings. The van der Waals surface area contributed by atoms with E-state index in [1.54, 1.807) is 0 Å². The molecule has 0 unspecified atom stereocenters. The Balaban J connectivity index is 3.25. The van der Waals surface area contributed by atoms with Gasteiger partial charge >= 0.3 is 0 Å². The van der Waals surface area contributed by atoms with Crippen LogP contribution in [0.5, 0.6) is 0 Å². The molecule has 0 bridgehead atoms. The number of thiol groups is 1. The van der Waals surface area contributed by atoms with Crippen molar-refractivity contribution in [2.24, 2.45) is 0 Å². The minimum absolute atomic E-state index is 0.0611. The first-order chi connectivity index (χ1) is 5.65. The Morgan fingerprint density at radius 3 is 2.92 bits per heavy atom. The predicted molar refractivity (Wildman–Crippen MR) is 46.4 cm³/mol. The van der Waals surface area contributed by atoms with Gasteiger partial charge in [0.25, 0.3) is 5.24 Å². The van der Waals surface area contributed by atoms with Crippen molar-refractivity contribution in [1.29, 1.82) is 5.26 Å². The molecule has 0 radical (unpaired) electrons. The molecule has 3 nitrogen and oxygen atoms in total. The Labute approximate surface area is 79.4 Å². The lowest BCUT2D eigenvalue weighted by atomic mass is 10.2. The molecule has 0 aliphatic carbocycles. The molecule has 1 aromatic heterocycles. The largest absolute Gasteiger partial charge is 0.274 e. The normalized spacial score (nSPS) is 9.08. The first-order valence-corrected chi connectivity index (χ1v) is 3.76. The third-order valence-electron chi connectivity index (χ3n) is 1.20. The fourth-order valence-electron chi connectivity index (χ4n) is 0.645. The number of hydrogen-bond acceptors (Lipinski definition) is 4. The Morgan fingerprint density at radius 2 is 2.42 bits per heavy atom. The first kappa shape index (κ1) is 9.04. The Hall–Kier alpha value is -1.05. The van der Waals surface area contributed by atoms with Crippen LogP contribution in [0.3, 0.4) is 0 Å². The van der Waals surface area contributed by atoms with Crippen molar-refractivity contribution in [3.63, 3.8) is 0 Å². The van der Waals surface area contributed by atoms with E-state index in [4.69, 9.17) is 16.9 Å². The maximum absolute atomic E-state index is 10.6. The molecule has 60 valence electrons. The monoisotopic (exact) mass is 198 g/mol. The summed E-state index contributed by atoms with van der Waals surface area (Å²) in [5.41, 5.74) is 0.350. The highest BCUT2D eigenvalue weighted by Gasteiger charge is 2.06. The van der Waals surface area contributed by atoms with Crippen molar-refractivity contribution in [3.05, 3.63) is 23.5 Å². The summed E-state index contributed by atoms with van der Waals surface area (Å²) >= 11 is 9.10. The fraction of sp³-hybridized carbons (Fsp3) is 0. The van der Waals surface area contributed by atoms with Gasteiger partial charge in [-0.05, 0) is 17.7 Å². The summed E-state index contributed by atoms with van der Waals surface area (Å²) < 4.78 is 0. The Bertz CT molecular complexity index is 372. The van der Waals surface area contributed by atoms with Gasteiger partial charge in [0.05, 0.1) is 5.56 Å². The molecule has 1 heterocycles. The van der Waals surface area contributed by atoms with Gasteiger partial charge in [-0.25, -0.2) is 0 Å². The van der Waals surface area contributed by atoms with E-state index >= 15 is 0 Å². The average molecular weight is 199 g/mol. The van der Waals surface area contributed by atoms with E-state index in [0.29, 0.717) is 4.90 Å². The number of halogens is 1. The highest BCUT2D eigenvalue weighted by Crippen LogP contribution is 2.13. The SMILES string of the molecule is N#Cc1cc(C(=O)Cl)ncc1S. The molecule has 1 rings (SSSR count). The van der Waals surface area contributed by atoms with Crippen LogP contribution in [-0.2, 0) is 0 Å². The van der Waals surface area contributed by atoms with Gasteiger partial charge in [-0.2, -0.15) is 5.26 Å². The van der Waals surface area contributed by atoms with Gasteiger partial charge in [0.15, 0.2) is 0 Å². The molecule has 0 N–H and O–H groups in total. The maximum atomic E-state index is 10.6. The highest BCUT2D eigenvalue weighted by molar-refractivity contribution is 7.80. The number of carbonyl (C=O) groups is 1.